The van der Waals surface area contributed by atoms with Crippen molar-refractivity contribution < 1.29 is 23.7 Å². The number of carbonyl (C=O) groups is 1. The molecule has 38 heavy (non-hydrogen) atoms. The molecule has 1 aromatic heterocycles. The van der Waals surface area contributed by atoms with Crippen LogP contribution in [-0.2, 0) is 9.53 Å². The molecule has 0 N–H and O–H groups in total. The Morgan fingerprint density at radius 1 is 1.08 bits per heavy atom. The monoisotopic (exact) mass is 536 g/mol. The summed E-state index contributed by atoms with van der Waals surface area (Å²) in [5.74, 6) is 1.34. The quantitative estimate of drug-likeness (QED) is 0.406. The van der Waals surface area contributed by atoms with Gasteiger partial charge in [-0.3, -0.25) is 9.36 Å². The number of aryl methyl sites for hydroxylation is 1. The van der Waals surface area contributed by atoms with E-state index < -0.39 is 12.0 Å². The summed E-state index contributed by atoms with van der Waals surface area (Å²) in [7, 11) is 3.18. The Morgan fingerprint density at radius 3 is 2.42 bits per heavy atom. The van der Waals surface area contributed by atoms with Gasteiger partial charge in [0.25, 0.3) is 5.56 Å². The number of nitrogens with zero attached hydrogens (tertiary/aromatic N) is 2. The van der Waals surface area contributed by atoms with E-state index in [1.54, 1.807) is 44.8 Å². The highest BCUT2D eigenvalue weighted by atomic mass is 32.1. The first-order chi connectivity index (χ1) is 18.2. The third-order valence-electron chi connectivity index (χ3n) is 6.10. The molecule has 8 nitrogen and oxygen atoms in total. The standard InChI is InChI=1S/C29H32N2O6S/c1-8-36-28(33)25-18(5)30-29-31(26(25)20-10-12-22(37-16(2)3)23(15-20)35-7)27(32)24(38-29)14-19-9-11-21(34-6)17(4)13-19/h9-16,26H,8H2,1-7H3/b24-14-/t26-/m1/s1. The van der Waals surface area contributed by atoms with E-state index in [9.17, 15) is 9.59 Å². The summed E-state index contributed by atoms with van der Waals surface area (Å²) in [6.45, 7) is 9.52. The van der Waals surface area contributed by atoms with E-state index in [1.807, 2.05) is 51.1 Å². The first kappa shape index (κ1) is 27.2. The van der Waals surface area contributed by atoms with Crippen molar-refractivity contribution in [2.75, 3.05) is 20.8 Å². The average molecular weight is 537 g/mol. The molecule has 0 radical (unpaired) electrons. The summed E-state index contributed by atoms with van der Waals surface area (Å²) in [5, 5.41) is 0. The van der Waals surface area contributed by atoms with Crippen molar-refractivity contribution >= 4 is 23.4 Å². The molecule has 0 fully saturated rings. The highest BCUT2D eigenvalue weighted by Gasteiger charge is 2.34. The fourth-order valence-corrected chi connectivity index (χ4v) is 5.50. The normalized spacial score (nSPS) is 15.3. The number of thiazole rings is 1. The molecule has 9 heteroatoms. The molecule has 4 rings (SSSR count). The van der Waals surface area contributed by atoms with E-state index >= 15 is 0 Å². The van der Waals surface area contributed by atoms with Gasteiger partial charge in [-0.05, 0) is 81.7 Å². The molecule has 0 bridgehead atoms. The number of hydrogen-bond acceptors (Lipinski definition) is 8. The van der Waals surface area contributed by atoms with Crippen LogP contribution in [0, 0.1) is 6.92 Å². The van der Waals surface area contributed by atoms with Gasteiger partial charge in [-0.15, -0.1) is 0 Å². The number of hydrogen-bond donors (Lipinski definition) is 0. The molecule has 0 saturated heterocycles. The minimum atomic E-state index is -0.743. The fourth-order valence-electron chi connectivity index (χ4n) is 4.46. The predicted molar refractivity (Wildman–Crippen MR) is 147 cm³/mol. The van der Waals surface area contributed by atoms with Crippen molar-refractivity contribution in [1.29, 1.82) is 0 Å². The van der Waals surface area contributed by atoms with Gasteiger partial charge in [-0.2, -0.15) is 0 Å². The number of esters is 1. The topological polar surface area (TPSA) is 88.4 Å². The lowest BCUT2D eigenvalue weighted by molar-refractivity contribution is -0.139. The molecule has 0 aliphatic carbocycles. The van der Waals surface area contributed by atoms with E-state index in [4.69, 9.17) is 18.9 Å². The molecule has 0 saturated carbocycles. The van der Waals surface area contributed by atoms with Crippen LogP contribution in [0.25, 0.3) is 6.08 Å². The molecule has 1 atom stereocenters. The van der Waals surface area contributed by atoms with Gasteiger partial charge >= 0.3 is 5.97 Å². The number of benzene rings is 2. The zero-order valence-corrected chi connectivity index (χ0v) is 23.5. The molecule has 0 amide bonds. The van der Waals surface area contributed by atoms with Crippen LogP contribution in [-0.4, -0.2) is 37.5 Å². The predicted octanol–water partition coefficient (Wildman–Crippen LogP) is 3.91. The number of aromatic nitrogens is 1. The van der Waals surface area contributed by atoms with Gasteiger partial charge in [0.15, 0.2) is 16.3 Å². The Hall–Kier alpha value is -3.85. The van der Waals surface area contributed by atoms with Crippen molar-refractivity contribution in [2.45, 2.75) is 46.8 Å². The molecule has 1 aliphatic heterocycles. The van der Waals surface area contributed by atoms with Crippen LogP contribution in [0.1, 0.15) is 50.4 Å². The molecule has 200 valence electrons. The van der Waals surface area contributed by atoms with Crippen LogP contribution in [0.5, 0.6) is 17.2 Å². The van der Waals surface area contributed by atoms with Gasteiger partial charge in [-0.1, -0.05) is 23.5 Å². The SMILES string of the molecule is CCOC(=O)C1=C(C)N=c2s/c(=C\c3ccc(OC)c(C)c3)c(=O)n2[C@@H]1c1ccc(OC(C)C)c(OC)c1. The van der Waals surface area contributed by atoms with Gasteiger partial charge in [0.2, 0.25) is 0 Å². The van der Waals surface area contributed by atoms with Crippen LogP contribution >= 0.6 is 11.3 Å². The maximum absolute atomic E-state index is 13.8. The smallest absolute Gasteiger partial charge is 0.338 e. The van der Waals surface area contributed by atoms with Crippen molar-refractivity contribution in [2.24, 2.45) is 4.99 Å². The summed E-state index contributed by atoms with van der Waals surface area (Å²) >= 11 is 1.28. The van der Waals surface area contributed by atoms with Gasteiger partial charge in [0.05, 0.1) is 48.8 Å². The molecule has 3 aromatic rings. The van der Waals surface area contributed by atoms with Crippen molar-refractivity contribution in [3.63, 3.8) is 0 Å². The Bertz CT molecular complexity index is 1580. The van der Waals surface area contributed by atoms with Crippen molar-refractivity contribution in [3.8, 4) is 17.2 Å². The van der Waals surface area contributed by atoms with Gasteiger partial charge in [0.1, 0.15) is 5.75 Å². The average Bonchev–Trinajstić information content (AvgIpc) is 3.17. The largest absolute Gasteiger partial charge is 0.496 e. The second-order valence-corrected chi connectivity index (χ2v) is 10.1. The van der Waals surface area contributed by atoms with Crippen LogP contribution < -0.4 is 29.1 Å². The lowest BCUT2D eigenvalue weighted by atomic mass is 9.95. The van der Waals surface area contributed by atoms with E-state index in [1.165, 1.54) is 11.3 Å². The summed E-state index contributed by atoms with van der Waals surface area (Å²) in [6, 6.07) is 10.4. The number of ether oxygens (including phenoxy) is 4. The summed E-state index contributed by atoms with van der Waals surface area (Å²) < 4.78 is 24.3. The van der Waals surface area contributed by atoms with Gasteiger partial charge in [-0.25, -0.2) is 9.79 Å². The lowest BCUT2D eigenvalue weighted by Crippen LogP contribution is -2.40. The van der Waals surface area contributed by atoms with E-state index in [0.717, 1.165) is 16.9 Å². The van der Waals surface area contributed by atoms with Crippen molar-refractivity contribution in [1.82, 2.24) is 4.57 Å². The maximum Gasteiger partial charge on any atom is 0.338 e. The van der Waals surface area contributed by atoms with Crippen molar-refractivity contribution in [3.05, 3.63) is 84.0 Å². The summed E-state index contributed by atoms with van der Waals surface area (Å²) in [4.78, 5) is 32.1. The lowest BCUT2D eigenvalue weighted by Gasteiger charge is -2.25. The summed E-state index contributed by atoms with van der Waals surface area (Å²) in [6.07, 6.45) is 1.78. The third-order valence-corrected chi connectivity index (χ3v) is 7.08. The number of allylic oxidation sites excluding steroid dienone is 1. The molecular weight excluding hydrogens is 504 g/mol. The highest BCUT2D eigenvalue weighted by molar-refractivity contribution is 7.07. The Labute approximate surface area is 225 Å². The zero-order valence-electron chi connectivity index (χ0n) is 22.7. The van der Waals surface area contributed by atoms with E-state index in [2.05, 4.69) is 4.99 Å². The minimum absolute atomic E-state index is 0.0498. The van der Waals surface area contributed by atoms with Gasteiger partial charge in [0, 0.05) is 0 Å². The van der Waals surface area contributed by atoms with E-state index in [-0.39, 0.29) is 18.3 Å². The van der Waals surface area contributed by atoms with Crippen LogP contribution in [0.4, 0.5) is 0 Å². The van der Waals surface area contributed by atoms with Gasteiger partial charge < -0.3 is 18.9 Å². The molecule has 1 aliphatic rings. The number of rotatable bonds is 8. The Morgan fingerprint density at radius 2 is 1.79 bits per heavy atom. The van der Waals surface area contributed by atoms with E-state index in [0.29, 0.717) is 37.7 Å². The second-order valence-electron chi connectivity index (χ2n) is 9.11. The minimum Gasteiger partial charge on any atom is -0.496 e. The molecule has 2 aromatic carbocycles. The molecule has 0 unspecified atom stereocenters. The fraction of sp³-hybridized carbons (Fsp3) is 0.345. The van der Waals surface area contributed by atoms with Crippen LogP contribution in [0.15, 0.2) is 57.5 Å². The molecule has 0 spiro atoms. The third kappa shape index (κ3) is 5.24. The number of fused-ring (bicyclic) bond motifs is 1. The molecular formula is C29H32N2O6S. The first-order valence-corrected chi connectivity index (χ1v) is 13.2. The molecule has 2 heterocycles. The number of methoxy groups -OCH3 is 2. The van der Waals surface area contributed by atoms with Crippen LogP contribution in [0.3, 0.4) is 0 Å². The summed E-state index contributed by atoms with van der Waals surface area (Å²) in [5.41, 5.74) is 3.08. The van der Waals surface area contributed by atoms with Crippen LogP contribution in [0.2, 0.25) is 0 Å². The Kier molecular flexibility index (Phi) is 8.06. The zero-order chi connectivity index (χ0) is 27.6. The Balaban J connectivity index is 1.93. The maximum atomic E-state index is 13.8. The number of carbonyl (C=O) groups excluding carboxylic acids is 1. The second kappa shape index (κ2) is 11.3. The highest BCUT2D eigenvalue weighted by Crippen LogP contribution is 2.36. The first-order valence-electron chi connectivity index (χ1n) is 12.4.